The van der Waals surface area contributed by atoms with Crippen molar-refractivity contribution in [1.29, 1.82) is 0 Å². The Morgan fingerprint density at radius 1 is 1.04 bits per heavy atom. The Labute approximate surface area is 163 Å². The van der Waals surface area contributed by atoms with Gasteiger partial charge >= 0.3 is 0 Å². The summed E-state index contributed by atoms with van der Waals surface area (Å²) in [7, 11) is 0. The minimum Gasteiger partial charge on any atom is -0.372 e. The van der Waals surface area contributed by atoms with Gasteiger partial charge in [-0.25, -0.2) is 0 Å². The summed E-state index contributed by atoms with van der Waals surface area (Å²) in [5.74, 6) is 2.00. The Kier molecular flexibility index (Phi) is 5.84. The van der Waals surface area contributed by atoms with Gasteiger partial charge in [0.25, 0.3) is 5.91 Å². The smallest absolute Gasteiger partial charge is 0.254 e. The summed E-state index contributed by atoms with van der Waals surface area (Å²) in [5.41, 5.74) is 2.06. The molecule has 2 saturated carbocycles. The largest absolute Gasteiger partial charge is 0.372 e. The van der Waals surface area contributed by atoms with Gasteiger partial charge in [0.2, 0.25) is 0 Å². The Morgan fingerprint density at radius 2 is 1.70 bits per heavy atom. The maximum absolute atomic E-state index is 12.8. The lowest BCUT2D eigenvalue weighted by Gasteiger charge is -2.35. The van der Waals surface area contributed by atoms with Crippen LogP contribution in [0.3, 0.4) is 0 Å². The quantitative estimate of drug-likeness (QED) is 0.852. The molecule has 1 aromatic carbocycles. The number of rotatable bonds is 5. The molecular formula is C23H34N2O2. The minimum absolute atomic E-state index is 0.107. The van der Waals surface area contributed by atoms with E-state index < -0.39 is 0 Å². The zero-order chi connectivity index (χ0) is 18.8. The molecular weight excluding hydrogens is 336 g/mol. The average Bonchev–Trinajstić information content (AvgIpc) is 3.51. The molecule has 0 aromatic heterocycles. The number of carbonyl (C=O) groups is 1. The van der Waals surface area contributed by atoms with Crippen molar-refractivity contribution in [3.63, 3.8) is 0 Å². The van der Waals surface area contributed by atoms with E-state index in [9.17, 15) is 4.79 Å². The average molecular weight is 371 g/mol. The molecule has 2 aliphatic carbocycles. The third kappa shape index (κ3) is 4.72. The summed E-state index contributed by atoms with van der Waals surface area (Å²) in [6, 6.07) is 8.89. The minimum atomic E-state index is 0.107. The third-order valence-electron chi connectivity index (χ3n) is 6.52. The molecule has 1 N–H and O–H groups in total. The summed E-state index contributed by atoms with van der Waals surface area (Å²) in [4.78, 5) is 14.7. The number of nitrogens with zero attached hydrogens (tertiary/aromatic N) is 1. The highest BCUT2D eigenvalue weighted by Gasteiger charge is 2.37. The van der Waals surface area contributed by atoms with Crippen LogP contribution < -0.4 is 5.32 Å². The lowest BCUT2D eigenvalue weighted by atomic mass is 9.81. The second-order valence-electron chi connectivity index (χ2n) is 8.94. The third-order valence-corrected chi connectivity index (χ3v) is 6.52. The standard InChI is InChI=1S/C23H34N2O2/c1-16-14-25(15-17(2)27-16)23(26)20-9-7-18(8-10-20)13-24-22-6-4-3-5-21(22)19-11-12-19/h7-10,16-17,19,21-22,24H,3-6,11-15H2,1-2H3/t16-,17+,21-,22+/m0/s1. The first kappa shape index (κ1) is 18.9. The van der Waals surface area contributed by atoms with Crippen LogP contribution in [-0.2, 0) is 11.3 Å². The van der Waals surface area contributed by atoms with Crippen LogP contribution >= 0.6 is 0 Å². The van der Waals surface area contributed by atoms with Crippen molar-refractivity contribution >= 4 is 5.91 Å². The summed E-state index contributed by atoms with van der Waals surface area (Å²) >= 11 is 0. The summed E-state index contributed by atoms with van der Waals surface area (Å²) in [5, 5.41) is 3.82. The van der Waals surface area contributed by atoms with E-state index in [4.69, 9.17) is 4.74 Å². The first-order valence-corrected chi connectivity index (χ1v) is 10.9. The molecule has 148 valence electrons. The number of nitrogens with one attached hydrogen (secondary N) is 1. The van der Waals surface area contributed by atoms with E-state index in [-0.39, 0.29) is 18.1 Å². The van der Waals surface area contributed by atoms with Crippen LogP contribution in [0.4, 0.5) is 0 Å². The van der Waals surface area contributed by atoms with Crippen LogP contribution in [0.25, 0.3) is 0 Å². The molecule has 3 fully saturated rings. The fraction of sp³-hybridized carbons (Fsp3) is 0.696. The number of hydrogen-bond acceptors (Lipinski definition) is 3. The van der Waals surface area contributed by atoms with E-state index in [0.29, 0.717) is 19.1 Å². The van der Waals surface area contributed by atoms with Crippen molar-refractivity contribution in [2.24, 2.45) is 11.8 Å². The zero-order valence-electron chi connectivity index (χ0n) is 16.8. The van der Waals surface area contributed by atoms with Gasteiger partial charge in [-0.3, -0.25) is 4.79 Å². The van der Waals surface area contributed by atoms with Gasteiger partial charge in [0.15, 0.2) is 0 Å². The van der Waals surface area contributed by atoms with Gasteiger partial charge in [0, 0.05) is 31.2 Å². The fourth-order valence-electron chi connectivity index (χ4n) is 5.04. The van der Waals surface area contributed by atoms with Crippen molar-refractivity contribution in [2.75, 3.05) is 13.1 Å². The molecule has 1 saturated heterocycles. The van der Waals surface area contributed by atoms with Crippen molar-refractivity contribution in [2.45, 2.75) is 77.2 Å². The molecule has 27 heavy (non-hydrogen) atoms. The van der Waals surface area contributed by atoms with E-state index in [1.54, 1.807) is 0 Å². The molecule has 4 atom stereocenters. The molecule has 0 spiro atoms. The molecule has 3 aliphatic rings. The molecule has 4 heteroatoms. The predicted molar refractivity (Wildman–Crippen MR) is 108 cm³/mol. The molecule has 0 unspecified atom stereocenters. The van der Waals surface area contributed by atoms with E-state index in [1.807, 2.05) is 30.9 Å². The zero-order valence-corrected chi connectivity index (χ0v) is 16.8. The van der Waals surface area contributed by atoms with Gasteiger partial charge in [-0.1, -0.05) is 25.0 Å². The molecule has 4 rings (SSSR count). The molecule has 1 aromatic rings. The number of amides is 1. The van der Waals surface area contributed by atoms with Gasteiger partial charge in [-0.15, -0.1) is 0 Å². The molecule has 1 heterocycles. The van der Waals surface area contributed by atoms with Gasteiger partial charge < -0.3 is 15.0 Å². The Hall–Kier alpha value is -1.39. The second-order valence-corrected chi connectivity index (χ2v) is 8.94. The monoisotopic (exact) mass is 370 g/mol. The first-order chi connectivity index (χ1) is 13.1. The molecule has 1 amide bonds. The van der Waals surface area contributed by atoms with E-state index in [0.717, 1.165) is 23.9 Å². The van der Waals surface area contributed by atoms with Crippen LogP contribution in [-0.4, -0.2) is 42.1 Å². The van der Waals surface area contributed by atoms with Crippen LogP contribution in [0.1, 0.15) is 68.3 Å². The number of benzene rings is 1. The van der Waals surface area contributed by atoms with Crippen molar-refractivity contribution in [3.05, 3.63) is 35.4 Å². The maximum atomic E-state index is 12.8. The normalized spacial score (nSPS) is 31.7. The van der Waals surface area contributed by atoms with Crippen LogP contribution in [0.2, 0.25) is 0 Å². The van der Waals surface area contributed by atoms with Crippen molar-refractivity contribution in [1.82, 2.24) is 10.2 Å². The molecule has 4 nitrogen and oxygen atoms in total. The highest BCUT2D eigenvalue weighted by molar-refractivity contribution is 5.94. The highest BCUT2D eigenvalue weighted by Crippen LogP contribution is 2.44. The van der Waals surface area contributed by atoms with Crippen LogP contribution in [0, 0.1) is 11.8 Å². The Balaban J connectivity index is 1.32. The number of hydrogen-bond donors (Lipinski definition) is 1. The van der Waals surface area contributed by atoms with Gasteiger partial charge in [-0.05, 0) is 69.1 Å². The SMILES string of the molecule is C[C@@H]1CN(C(=O)c2ccc(CN[C@@H]3CCCC[C@H]3C3CC3)cc2)C[C@H](C)O1. The predicted octanol–water partition coefficient (Wildman–Crippen LogP) is 3.99. The summed E-state index contributed by atoms with van der Waals surface area (Å²) in [6.07, 6.45) is 8.61. The maximum Gasteiger partial charge on any atom is 0.254 e. The lowest BCUT2D eigenvalue weighted by molar-refractivity contribution is -0.0586. The van der Waals surface area contributed by atoms with Gasteiger partial charge in [-0.2, -0.15) is 0 Å². The molecule has 1 aliphatic heterocycles. The first-order valence-electron chi connectivity index (χ1n) is 10.9. The van der Waals surface area contributed by atoms with Crippen molar-refractivity contribution in [3.8, 4) is 0 Å². The molecule has 0 radical (unpaired) electrons. The van der Waals surface area contributed by atoms with Gasteiger partial charge in [0.05, 0.1) is 12.2 Å². The Bertz CT molecular complexity index is 630. The summed E-state index contributed by atoms with van der Waals surface area (Å²) < 4.78 is 5.74. The lowest BCUT2D eigenvalue weighted by Crippen LogP contribution is -2.48. The van der Waals surface area contributed by atoms with E-state index >= 15 is 0 Å². The second kappa shape index (κ2) is 8.32. The van der Waals surface area contributed by atoms with Crippen LogP contribution in [0.5, 0.6) is 0 Å². The highest BCUT2D eigenvalue weighted by atomic mass is 16.5. The molecule has 0 bridgehead atoms. The Morgan fingerprint density at radius 3 is 2.37 bits per heavy atom. The number of morpholine rings is 1. The van der Waals surface area contributed by atoms with Crippen LogP contribution in [0.15, 0.2) is 24.3 Å². The van der Waals surface area contributed by atoms with Gasteiger partial charge in [0.1, 0.15) is 0 Å². The van der Waals surface area contributed by atoms with Crippen molar-refractivity contribution < 1.29 is 9.53 Å². The fourth-order valence-corrected chi connectivity index (χ4v) is 5.04. The van der Waals surface area contributed by atoms with E-state index in [1.165, 1.54) is 44.1 Å². The number of ether oxygens (including phenoxy) is 1. The summed E-state index contributed by atoms with van der Waals surface area (Å²) in [6.45, 7) is 6.33. The van der Waals surface area contributed by atoms with E-state index in [2.05, 4.69) is 17.4 Å². The topological polar surface area (TPSA) is 41.6 Å². The number of carbonyl (C=O) groups excluding carboxylic acids is 1.